The van der Waals surface area contributed by atoms with Gasteiger partial charge in [-0.25, -0.2) is 0 Å². The van der Waals surface area contributed by atoms with Gasteiger partial charge in [0.25, 0.3) is 0 Å². The van der Waals surface area contributed by atoms with E-state index >= 15 is 0 Å². The average molecular weight is 258 g/mol. The zero-order valence-electron chi connectivity index (χ0n) is 11.3. The molecule has 2 aliphatic rings. The molecule has 0 heterocycles. The van der Waals surface area contributed by atoms with E-state index in [1.54, 1.807) is 12.1 Å². The highest BCUT2D eigenvalue weighted by Crippen LogP contribution is 2.56. The van der Waals surface area contributed by atoms with Gasteiger partial charge in [-0.2, -0.15) is 0 Å². The third kappa shape index (κ3) is 1.54. The molecule has 1 unspecified atom stereocenters. The number of carbonyl (C=O) groups is 1. The van der Waals surface area contributed by atoms with Gasteiger partial charge in [0.15, 0.2) is 17.3 Å². The Morgan fingerprint density at radius 1 is 1.26 bits per heavy atom. The summed E-state index contributed by atoms with van der Waals surface area (Å²) in [5.41, 5.74) is 3.93. The van der Waals surface area contributed by atoms with Crippen LogP contribution < -0.4 is 0 Å². The second kappa shape index (κ2) is 3.86. The molecule has 1 aromatic rings. The first-order chi connectivity index (χ1) is 8.98. The van der Waals surface area contributed by atoms with Gasteiger partial charge in [-0.05, 0) is 60.6 Å². The largest absolute Gasteiger partial charge is 0.504 e. The minimum absolute atomic E-state index is 0.0144. The minimum atomic E-state index is -0.107. The van der Waals surface area contributed by atoms with Crippen LogP contribution in [0.5, 0.6) is 11.5 Å². The smallest absolute Gasteiger partial charge is 0.158 e. The molecule has 0 bridgehead atoms. The Hall–Kier alpha value is -1.77. The third-order valence-electron chi connectivity index (χ3n) is 4.83. The summed E-state index contributed by atoms with van der Waals surface area (Å²) in [6, 6.07) is 3.25. The van der Waals surface area contributed by atoms with E-state index in [1.807, 2.05) is 6.92 Å². The van der Waals surface area contributed by atoms with Gasteiger partial charge >= 0.3 is 0 Å². The van der Waals surface area contributed by atoms with Gasteiger partial charge in [0, 0.05) is 11.8 Å². The molecule has 0 fully saturated rings. The summed E-state index contributed by atoms with van der Waals surface area (Å²) in [5, 5.41) is 19.4. The van der Waals surface area contributed by atoms with Crippen LogP contribution in [-0.4, -0.2) is 16.0 Å². The predicted octanol–water partition coefficient (Wildman–Crippen LogP) is 3.19. The van der Waals surface area contributed by atoms with Crippen molar-refractivity contribution in [2.45, 2.75) is 39.5 Å². The number of ketones is 1. The van der Waals surface area contributed by atoms with Crippen molar-refractivity contribution in [3.63, 3.8) is 0 Å². The van der Waals surface area contributed by atoms with Gasteiger partial charge in [-0.1, -0.05) is 6.92 Å². The molecule has 2 N–H and O–H groups in total. The van der Waals surface area contributed by atoms with Crippen LogP contribution in [0.2, 0.25) is 0 Å². The van der Waals surface area contributed by atoms with Crippen LogP contribution in [0.1, 0.15) is 44.2 Å². The number of allylic oxidation sites excluding steroid dienone is 2. The summed E-state index contributed by atoms with van der Waals surface area (Å²) in [6.45, 7) is 4.04. The van der Waals surface area contributed by atoms with Crippen LogP contribution in [0.3, 0.4) is 0 Å². The molecule has 0 amide bonds. The number of fused-ring (bicyclic) bond motifs is 3. The molecule has 3 nitrogen and oxygen atoms in total. The maximum Gasteiger partial charge on any atom is 0.158 e. The number of rotatable bonds is 1. The van der Waals surface area contributed by atoms with Crippen LogP contribution in [0.25, 0.3) is 5.57 Å². The fourth-order valence-corrected chi connectivity index (χ4v) is 3.71. The molecule has 19 heavy (non-hydrogen) atoms. The lowest BCUT2D eigenvalue weighted by Crippen LogP contribution is -2.27. The van der Waals surface area contributed by atoms with E-state index in [0.29, 0.717) is 6.42 Å². The van der Waals surface area contributed by atoms with Gasteiger partial charge in [-0.3, -0.25) is 4.79 Å². The summed E-state index contributed by atoms with van der Waals surface area (Å²) in [4.78, 5) is 12.0. The molecule has 0 radical (unpaired) electrons. The second-order valence-corrected chi connectivity index (χ2v) is 5.73. The normalized spacial score (nSPS) is 25.5. The first-order valence-electron chi connectivity index (χ1n) is 6.78. The van der Waals surface area contributed by atoms with Crippen molar-refractivity contribution in [2.24, 2.45) is 5.41 Å². The molecule has 2 aliphatic carbocycles. The van der Waals surface area contributed by atoms with Gasteiger partial charge in [0.05, 0.1) is 0 Å². The highest BCUT2D eigenvalue weighted by molar-refractivity contribution is 6.06. The van der Waals surface area contributed by atoms with Crippen molar-refractivity contribution in [2.75, 3.05) is 0 Å². The number of hydrogen-bond acceptors (Lipinski definition) is 3. The molecular weight excluding hydrogens is 240 g/mol. The van der Waals surface area contributed by atoms with Crippen molar-refractivity contribution in [1.29, 1.82) is 0 Å². The van der Waals surface area contributed by atoms with Gasteiger partial charge < -0.3 is 10.2 Å². The lowest BCUT2D eigenvalue weighted by molar-refractivity contribution is -0.116. The van der Waals surface area contributed by atoms with Crippen LogP contribution in [-0.2, 0) is 11.2 Å². The first-order valence-corrected chi connectivity index (χ1v) is 6.78. The lowest BCUT2D eigenvalue weighted by Gasteiger charge is -2.34. The minimum Gasteiger partial charge on any atom is -0.504 e. The number of carbonyl (C=O) groups excluding carboxylic acids is 1. The number of Topliss-reactive ketones (excluding diaryl/α,β-unsaturated/α-hetero) is 1. The van der Waals surface area contributed by atoms with Gasteiger partial charge in [0.2, 0.25) is 0 Å². The summed E-state index contributed by atoms with van der Waals surface area (Å²) >= 11 is 0. The molecule has 1 atom stereocenters. The topological polar surface area (TPSA) is 57.5 Å². The molecular formula is C16H18O3. The SMILES string of the molecule is CCC12CCC(=O)C(C)=C1c1cc(O)c(O)cc1C2. The monoisotopic (exact) mass is 258 g/mol. The summed E-state index contributed by atoms with van der Waals surface area (Å²) < 4.78 is 0. The van der Waals surface area contributed by atoms with E-state index in [2.05, 4.69) is 6.92 Å². The zero-order valence-corrected chi connectivity index (χ0v) is 11.3. The molecule has 0 spiro atoms. The Bertz CT molecular complexity index is 613. The predicted molar refractivity (Wildman–Crippen MR) is 73.0 cm³/mol. The van der Waals surface area contributed by atoms with E-state index in [0.717, 1.165) is 41.5 Å². The van der Waals surface area contributed by atoms with Crippen molar-refractivity contribution >= 4 is 11.4 Å². The van der Waals surface area contributed by atoms with Gasteiger partial charge in [0.1, 0.15) is 0 Å². The maximum atomic E-state index is 12.0. The number of hydrogen-bond donors (Lipinski definition) is 2. The molecule has 0 aliphatic heterocycles. The molecule has 3 heteroatoms. The molecule has 3 rings (SSSR count). The van der Waals surface area contributed by atoms with Gasteiger partial charge in [-0.15, -0.1) is 0 Å². The quantitative estimate of drug-likeness (QED) is 0.761. The third-order valence-corrected chi connectivity index (χ3v) is 4.83. The number of phenols is 2. The van der Waals surface area contributed by atoms with E-state index in [9.17, 15) is 15.0 Å². The molecule has 100 valence electrons. The van der Waals surface area contributed by atoms with Crippen molar-refractivity contribution in [3.05, 3.63) is 28.8 Å². The summed E-state index contributed by atoms with van der Waals surface area (Å²) in [7, 11) is 0. The Morgan fingerprint density at radius 2 is 1.95 bits per heavy atom. The van der Waals surface area contributed by atoms with Crippen LogP contribution >= 0.6 is 0 Å². The first kappa shape index (κ1) is 12.3. The summed E-state index contributed by atoms with van der Waals surface area (Å²) in [6.07, 6.45) is 3.30. The fraction of sp³-hybridized carbons (Fsp3) is 0.438. The van der Waals surface area contributed by atoms with E-state index in [1.165, 1.54) is 0 Å². The van der Waals surface area contributed by atoms with Crippen molar-refractivity contribution in [1.82, 2.24) is 0 Å². The van der Waals surface area contributed by atoms with Crippen LogP contribution in [0.4, 0.5) is 0 Å². The Kier molecular flexibility index (Phi) is 2.49. The Morgan fingerprint density at radius 3 is 2.63 bits per heavy atom. The lowest BCUT2D eigenvalue weighted by atomic mass is 9.68. The molecule has 0 saturated carbocycles. The standard InChI is InChI=1S/C16H18O3/c1-3-16-5-4-12(17)9(2)15(16)11-7-14(19)13(18)6-10(11)8-16/h6-7,18-19H,3-5,8H2,1-2H3. The Balaban J connectivity index is 2.29. The van der Waals surface area contributed by atoms with E-state index in [-0.39, 0.29) is 22.7 Å². The van der Waals surface area contributed by atoms with Crippen molar-refractivity contribution < 1.29 is 15.0 Å². The van der Waals surface area contributed by atoms with E-state index in [4.69, 9.17) is 0 Å². The van der Waals surface area contributed by atoms with Crippen molar-refractivity contribution in [3.8, 4) is 11.5 Å². The molecule has 0 aromatic heterocycles. The fourth-order valence-electron chi connectivity index (χ4n) is 3.71. The number of aromatic hydroxyl groups is 2. The average Bonchev–Trinajstić information content (AvgIpc) is 2.70. The highest BCUT2D eigenvalue weighted by Gasteiger charge is 2.45. The second-order valence-electron chi connectivity index (χ2n) is 5.73. The molecule has 0 saturated heterocycles. The Labute approximate surface area is 112 Å². The van der Waals surface area contributed by atoms with E-state index < -0.39 is 0 Å². The van der Waals surface area contributed by atoms with Crippen LogP contribution in [0, 0.1) is 5.41 Å². The zero-order chi connectivity index (χ0) is 13.8. The van der Waals surface area contributed by atoms with Crippen LogP contribution in [0.15, 0.2) is 17.7 Å². The summed E-state index contributed by atoms with van der Waals surface area (Å²) in [5.74, 6) is 0.0247. The number of phenolic OH excluding ortho intramolecular Hbond substituents is 2. The highest BCUT2D eigenvalue weighted by atomic mass is 16.3. The molecule has 1 aromatic carbocycles. The number of benzene rings is 1. The maximum absolute atomic E-state index is 12.0.